The van der Waals surface area contributed by atoms with E-state index in [2.05, 4.69) is 15.5 Å². The number of ether oxygens (including phenoxy) is 2. The highest BCUT2D eigenvalue weighted by Crippen LogP contribution is 2.24. The van der Waals surface area contributed by atoms with Gasteiger partial charge in [0.2, 0.25) is 0 Å². The second kappa shape index (κ2) is 9.73. The topological polar surface area (TPSA) is 109 Å². The van der Waals surface area contributed by atoms with Gasteiger partial charge >= 0.3 is 5.97 Å². The first kappa shape index (κ1) is 21.7. The second-order valence-corrected chi connectivity index (χ2v) is 6.98. The Balaban J connectivity index is 1.67. The number of nitrogens with zero attached hydrogens (tertiary/aromatic N) is 4. The molecule has 0 spiro atoms. The Labute approximate surface area is 189 Å². The molecule has 0 bridgehead atoms. The van der Waals surface area contributed by atoms with E-state index in [1.807, 2.05) is 30.3 Å². The van der Waals surface area contributed by atoms with Crippen LogP contribution in [0.25, 0.3) is 23.2 Å². The highest BCUT2D eigenvalue weighted by molar-refractivity contribution is 6.15. The van der Waals surface area contributed by atoms with E-state index in [4.69, 9.17) is 13.9 Å². The molecule has 0 fully saturated rings. The number of methoxy groups -OCH3 is 1. The predicted octanol–water partition coefficient (Wildman–Crippen LogP) is 3.89. The number of hydrogen-bond donors (Lipinski definition) is 0. The van der Waals surface area contributed by atoms with E-state index >= 15 is 0 Å². The first-order chi connectivity index (χ1) is 16.1. The molecule has 166 valence electrons. The highest BCUT2D eigenvalue weighted by Gasteiger charge is 2.22. The third kappa shape index (κ3) is 4.87. The summed E-state index contributed by atoms with van der Waals surface area (Å²) in [6, 6.07) is 17.6. The summed E-state index contributed by atoms with van der Waals surface area (Å²) in [4.78, 5) is 24.9. The zero-order valence-corrected chi connectivity index (χ0v) is 18.0. The van der Waals surface area contributed by atoms with Crippen molar-refractivity contribution in [3.8, 4) is 17.1 Å². The van der Waals surface area contributed by atoms with Crippen LogP contribution in [-0.4, -0.2) is 39.1 Å². The fraction of sp³-hybridized carbons (Fsp3) is 0.125. The smallest absolute Gasteiger partial charge is 0.357 e. The van der Waals surface area contributed by atoms with Crippen LogP contribution in [0, 0.1) is 0 Å². The fourth-order valence-corrected chi connectivity index (χ4v) is 3.16. The summed E-state index contributed by atoms with van der Waals surface area (Å²) >= 11 is 0. The lowest BCUT2D eigenvalue weighted by atomic mass is 10.1. The van der Waals surface area contributed by atoms with Crippen LogP contribution in [0.1, 0.15) is 28.6 Å². The number of tetrazole rings is 1. The molecule has 0 aliphatic rings. The molecular weight excluding hydrogens is 424 g/mol. The molecule has 4 rings (SSSR count). The number of benzene rings is 2. The van der Waals surface area contributed by atoms with E-state index in [9.17, 15) is 9.59 Å². The summed E-state index contributed by atoms with van der Waals surface area (Å²) in [5.41, 5.74) is 1.81. The summed E-state index contributed by atoms with van der Waals surface area (Å²) in [6.45, 7) is 1.34. The number of furan rings is 1. The summed E-state index contributed by atoms with van der Waals surface area (Å²) in [5, 5.41) is 11.8. The lowest BCUT2D eigenvalue weighted by Gasteiger charge is -2.12. The van der Waals surface area contributed by atoms with Gasteiger partial charge in [-0.25, -0.2) is 4.79 Å². The second-order valence-electron chi connectivity index (χ2n) is 6.98. The Bertz CT molecular complexity index is 1290. The molecule has 0 aliphatic carbocycles. The monoisotopic (exact) mass is 444 g/mol. The Morgan fingerprint density at radius 1 is 1.09 bits per heavy atom. The van der Waals surface area contributed by atoms with E-state index in [-0.39, 0.29) is 18.1 Å². The highest BCUT2D eigenvalue weighted by atomic mass is 16.5. The normalized spacial score (nSPS) is 11.3. The van der Waals surface area contributed by atoms with Gasteiger partial charge in [-0.2, -0.15) is 4.68 Å². The van der Waals surface area contributed by atoms with Crippen LogP contribution in [0.3, 0.4) is 0 Å². The van der Waals surface area contributed by atoms with Crippen molar-refractivity contribution in [2.24, 2.45) is 0 Å². The standard InChI is InChI=1S/C24H20N4O5/c1-16(29)18-10-11-22(31-2)19(13-18)15-33-24(30)21(14-20-9-6-12-32-20)28-23(25-26-27-28)17-7-4-3-5-8-17/h3-14H,15H2,1-2H3/b21-14-. The number of ketones is 1. The lowest BCUT2D eigenvalue weighted by molar-refractivity contribution is -0.138. The largest absolute Gasteiger partial charge is 0.496 e. The number of esters is 1. The third-order valence-electron chi connectivity index (χ3n) is 4.81. The summed E-state index contributed by atoms with van der Waals surface area (Å²) in [5.74, 6) is 0.488. The average molecular weight is 444 g/mol. The van der Waals surface area contributed by atoms with Gasteiger partial charge in [0.25, 0.3) is 0 Å². The van der Waals surface area contributed by atoms with Crippen molar-refractivity contribution in [3.05, 3.63) is 83.8 Å². The maximum Gasteiger partial charge on any atom is 0.357 e. The minimum atomic E-state index is -0.689. The average Bonchev–Trinajstić information content (AvgIpc) is 3.53. The maximum absolute atomic E-state index is 13.2. The van der Waals surface area contributed by atoms with Crippen molar-refractivity contribution < 1.29 is 23.5 Å². The van der Waals surface area contributed by atoms with Crippen LogP contribution in [0.15, 0.2) is 71.3 Å². The Morgan fingerprint density at radius 3 is 2.61 bits per heavy atom. The Hall–Kier alpha value is -4.53. The van der Waals surface area contributed by atoms with E-state index < -0.39 is 5.97 Å². The number of hydrogen-bond acceptors (Lipinski definition) is 8. The number of Topliss-reactive ketones (excluding diaryl/α,β-unsaturated/α-hetero) is 1. The van der Waals surface area contributed by atoms with Crippen LogP contribution in [0.2, 0.25) is 0 Å². The van der Waals surface area contributed by atoms with Crippen LogP contribution >= 0.6 is 0 Å². The molecule has 2 heterocycles. The van der Waals surface area contributed by atoms with Gasteiger partial charge in [0, 0.05) is 22.8 Å². The summed E-state index contributed by atoms with van der Waals surface area (Å²) in [6.07, 6.45) is 2.99. The van der Waals surface area contributed by atoms with Crippen molar-refractivity contribution in [1.29, 1.82) is 0 Å². The molecule has 2 aromatic heterocycles. The molecule has 2 aromatic carbocycles. The van der Waals surface area contributed by atoms with Crippen molar-refractivity contribution in [3.63, 3.8) is 0 Å². The van der Waals surface area contributed by atoms with E-state index in [0.717, 1.165) is 5.56 Å². The van der Waals surface area contributed by atoms with Gasteiger partial charge in [-0.3, -0.25) is 4.79 Å². The van der Waals surface area contributed by atoms with Gasteiger partial charge < -0.3 is 13.9 Å². The first-order valence-corrected chi connectivity index (χ1v) is 10.0. The molecule has 9 heteroatoms. The molecule has 0 amide bonds. The maximum atomic E-state index is 13.2. The molecule has 0 radical (unpaired) electrons. The lowest BCUT2D eigenvalue weighted by Crippen LogP contribution is -2.15. The van der Waals surface area contributed by atoms with E-state index in [1.165, 1.54) is 31.1 Å². The number of carbonyl (C=O) groups is 2. The van der Waals surface area contributed by atoms with Crippen molar-refractivity contribution in [1.82, 2.24) is 20.2 Å². The van der Waals surface area contributed by atoms with Gasteiger partial charge in [0.15, 0.2) is 17.3 Å². The van der Waals surface area contributed by atoms with Gasteiger partial charge in [-0.05, 0) is 47.7 Å². The first-order valence-electron chi connectivity index (χ1n) is 10.0. The molecular formula is C24H20N4O5. The number of carbonyl (C=O) groups excluding carboxylic acids is 2. The van der Waals surface area contributed by atoms with Crippen LogP contribution in [0.5, 0.6) is 5.75 Å². The summed E-state index contributed by atoms with van der Waals surface area (Å²) in [7, 11) is 1.50. The van der Waals surface area contributed by atoms with Gasteiger partial charge in [-0.15, -0.1) is 5.10 Å². The minimum Gasteiger partial charge on any atom is -0.496 e. The van der Waals surface area contributed by atoms with E-state index in [0.29, 0.717) is 28.5 Å². The molecule has 0 aliphatic heterocycles. The fourth-order valence-electron chi connectivity index (χ4n) is 3.16. The quantitative estimate of drug-likeness (QED) is 0.229. The van der Waals surface area contributed by atoms with Crippen molar-refractivity contribution in [2.45, 2.75) is 13.5 Å². The van der Waals surface area contributed by atoms with Crippen LogP contribution < -0.4 is 4.74 Å². The van der Waals surface area contributed by atoms with Gasteiger partial charge in [-0.1, -0.05) is 30.3 Å². The Morgan fingerprint density at radius 2 is 1.91 bits per heavy atom. The molecule has 0 saturated heterocycles. The third-order valence-corrected chi connectivity index (χ3v) is 4.81. The van der Waals surface area contributed by atoms with Gasteiger partial charge in [0.1, 0.15) is 18.1 Å². The van der Waals surface area contributed by atoms with Crippen molar-refractivity contribution in [2.75, 3.05) is 7.11 Å². The zero-order valence-electron chi connectivity index (χ0n) is 18.0. The molecule has 0 unspecified atom stereocenters. The molecule has 0 N–H and O–H groups in total. The molecule has 4 aromatic rings. The minimum absolute atomic E-state index is 0.0514. The van der Waals surface area contributed by atoms with Crippen LogP contribution in [-0.2, 0) is 16.1 Å². The number of aromatic nitrogens is 4. The SMILES string of the molecule is COc1ccc(C(C)=O)cc1COC(=O)/C(=C/c1ccco1)n1nnnc1-c1ccccc1. The Kier molecular flexibility index (Phi) is 6.40. The molecule has 0 saturated carbocycles. The molecule has 33 heavy (non-hydrogen) atoms. The summed E-state index contributed by atoms with van der Waals surface area (Å²) < 4.78 is 17.6. The van der Waals surface area contributed by atoms with Crippen molar-refractivity contribution >= 4 is 23.5 Å². The molecule has 9 nitrogen and oxygen atoms in total. The van der Waals surface area contributed by atoms with Gasteiger partial charge in [0.05, 0.1) is 13.4 Å². The zero-order chi connectivity index (χ0) is 23.2. The molecule has 0 atom stereocenters. The number of rotatable bonds is 8. The van der Waals surface area contributed by atoms with E-state index in [1.54, 1.807) is 30.3 Å². The van der Waals surface area contributed by atoms with Crippen LogP contribution in [0.4, 0.5) is 0 Å². The predicted molar refractivity (Wildman–Crippen MR) is 119 cm³/mol.